The maximum Gasteiger partial charge on any atom is 0.0320 e. The van der Waals surface area contributed by atoms with E-state index in [1.54, 1.807) is 0 Å². The van der Waals surface area contributed by atoms with E-state index in [0.717, 1.165) is 11.8 Å². The molecule has 2 rings (SSSR count). The largest absolute Gasteiger partial charge is 0.307 e. The molecule has 3 unspecified atom stereocenters. The van der Waals surface area contributed by atoms with Crippen molar-refractivity contribution in [3.05, 3.63) is 35.9 Å². The number of rotatable bonds is 4. The fraction of sp³-hybridized carbons (Fsp3) is 0.647. The highest BCUT2D eigenvalue weighted by Crippen LogP contribution is 2.30. The van der Waals surface area contributed by atoms with E-state index in [0.29, 0.717) is 12.1 Å². The number of benzene rings is 1. The fourth-order valence-corrected chi connectivity index (χ4v) is 3.50. The van der Waals surface area contributed by atoms with Crippen molar-refractivity contribution in [3.63, 3.8) is 0 Å². The molecule has 1 aliphatic carbocycles. The van der Waals surface area contributed by atoms with Crippen molar-refractivity contribution in [2.45, 2.75) is 58.5 Å². The highest BCUT2D eigenvalue weighted by Gasteiger charge is 2.25. The Balaban J connectivity index is 1.98. The summed E-state index contributed by atoms with van der Waals surface area (Å²) in [5.74, 6) is 1.75. The minimum Gasteiger partial charge on any atom is -0.307 e. The lowest BCUT2D eigenvalue weighted by atomic mass is 9.80. The van der Waals surface area contributed by atoms with E-state index in [-0.39, 0.29) is 0 Å². The summed E-state index contributed by atoms with van der Waals surface area (Å²) in [5.41, 5.74) is 1.44. The van der Waals surface area contributed by atoms with Gasteiger partial charge in [-0.25, -0.2) is 0 Å². The van der Waals surface area contributed by atoms with Crippen LogP contribution in [0.15, 0.2) is 30.3 Å². The topological polar surface area (TPSA) is 12.0 Å². The van der Waals surface area contributed by atoms with Gasteiger partial charge in [-0.1, -0.05) is 51.1 Å². The molecule has 0 bridgehead atoms. The molecule has 1 aromatic rings. The molecule has 1 saturated carbocycles. The number of nitrogens with one attached hydrogen (secondary N) is 1. The molecule has 0 radical (unpaired) electrons. The Morgan fingerprint density at radius 1 is 1.06 bits per heavy atom. The van der Waals surface area contributed by atoms with Gasteiger partial charge in [0.1, 0.15) is 0 Å². The standard InChI is InChI=1S/C17H27N/c1-4-17(15-8-6-5-7-9-15)18-16-11-13(2)10-14(3)12-16/h5-9,13-14,16-18H,4,10-12H2,1-3H3. The summed E-state index contributed by atoms with van der Waals surface area (Å²) in [5, 5.41) is 3.88. The van der Waals surface area contributed by atoms with Gasteiger partial charge in [-0.2, -0.15) is 0 Å². The molecule has 18 heavy (non-hydrogen) atoms. The zero-order valence-corrected chi connectivity index (χ0v) is 12.0. The maximum absolute atomic E-state index is 3.88. The molecule has 0 aromatic heterocycles. The Labute approximate surface area is 112 Å². The average Bonchev–Trinajstić information content (AvgIpc) is 2.36. The zero-order valence-electron chi connectivity index (χ0n) is 12.0. The van der Waals surface area contributed by atoms with Crippen LogP contribution in [0.2, 0.25) is 0 Å². The molecule has 1 aromatic carbocycles. The van der Waals surface area contributed by atoms with Crippen molar-refractivity contribution in [3.8, 4) is 0 Å². The molecule has 0 amide bonds. The molecule has 0 spiro atoms. The highest BCUT2D eigenvalue weighted by atomic mass is 15.0. The second kappa shape index (κ2) is 6.38. The van der Waals surface area contributed by atoms with Gasteiger partial charge in [-0.05, 0) is 43.1 Å². The van der Waals surface area contributed by atoms with Gasteiger partial charge in [0.2, 0.25) is 0 Å². The van der Waals surface area contributed by atoms with Crippen LogP contribution in [0.1, 0.15) is 58.1 Å². The quantitative estimate of drug-likeness (QED) is 0.820. The first-order valence-electron chi connectivity index (χ1n) is 7.50. The van der Waals surface area contributed by atoms with Crippen LogP contribution in [-0.2, 0) is 0 Å². The Morgan fingerprint density at radius 3 is 2.22 bits per heavy atom. The SMILES string of the molecule is CCC(NC1CC(C)CC(C)C1)c1ccccc1. The molecule has 1 fully saturated rings. The molecular weight excluding hydrogens is 218 g/mol. The van der Waals surface area contributed by atoms with Crippen LogP contribution in [0.3, 0.4) is 0 Å². The second-order valence-corrected chi connectivity index (χ2v) is 6.15. The lowest BCUT2D eigenvalue weighted by Crippen LogP contribution is -2.38. The van der Waals surface area contributed by atoms with E-state index in [9.17, 15) is 0 Å². The third-order valence-corrected chi connectivity index (χ3v) is 4.23. The summed E-state index contributed by atoms with van der Waals surface area (Å²) in [7, 11) is 0. The third-order valence-electron chi connectivity index (χ3n) is 4.23. The van der Waals surface area contributed by atoms with Gasteiger partial charge in [0.25, 0.3) is 0 Å². The smallest absolute Gasteiger partial charge is 0.0320 e. The summed E-state index contributed by atoms with van der Waals surface area (Å²) in [6, 6.07) is 12.1. The van der Waals surface area contributed by atoms with Crippen LogP contribution in [0.25, 0.3) is 0 Å². The summed E-state index contributed by atoms with van der Waals surface area (Å²) in [6.45, 7) is 7.07. The fourth-order valence-electron chi connectivity index (χ4n) is 3.50. The van der Waals surface area contributed by atoms with E-state index in [1.165, 1.54) is 31.2 Å². The van der Waals surface area contributed by atoms with Crippen LogP contribution in [0.5, 0.6) is 0 Å². The molecule has 0 aliphatic heterocycles. The minimum absolute atomic E-state index is 0.522. The minimum atomic E-state index is 0.522. The molecule has 0 saturated heterocycles. The third kappa shape index (κ3) is 3.58. The van der Waals surface area contributed by atoms with Gasteiger partial charge < -0.3 is 5.32 Å². The Hall–Kier alpha value is -0.820. The van der Waals surface area contributed by atoms with Crippen molar-refractivity contribution in [2.24, 2.45) is 11.8 Å². The van der Waals surface area contributed by atoms with Crippen molar-refractivity contribution < 1.29 is 0 Å². The van der Waals surface area contributed by atoms with E-state index in [4.69, 9.17) is 0 Å². The van der Waals surface area contributed by atoms with E-state index < -0.39 is 0 Å². The van der Waals surface area contributed by atoms with Crippen LogP contribution >= 0.6 is 0 Å². The molecule has 3 atom stereocenters. The lowest BCUT2D eigenvalue weighted by molar-refractivity contribution is 0.224. The summed E-state index contributed by atoms with van der Waals surface area (Å²) in [6.07, 6.45) is 5.25. The normalized spacial score (nSPS) is 30.1. The van der Waals surface area contributed by atoms with Crippen LogP contribution in [0.4, 0.5) is 0 Å². The summed E-state index contributed by atoms with van der Waals surface area (Å²) in [4.78, 5) is 0. The van der Waals surface area contributed by atoms with Crippen molar-refractivity contribution in [1.82, 2.24) is 5.32 Å². The first-order valence-corrected chi connectivity index (χ1v) is 7.50. The number of hydrogen-bond acceptors (Lipinski definition) is 1. The van der Waals surface area contributed by atoms with Gasteiger partial charge in [0.05, 0.1) is 0 Å². The van der Waals surface area contributed by atoms with Crippen LogP contribution in [0, 0.1) is 11.8 Å². The van der Waals surface area contributed by atoms with E-state index >= 15 is 0 Å². The Morgan fingerprint density at radius 2 is 1.67 bits per heavy atom. The van der Waals surface area contributed by atoms with Gasteiger partial charge in [0, 0.05) is 12.1 Å². The van der Waals surface area contributed by atoms with Crippen molar-refractivity contribution >= 4 is 0 Å². The molecule has 1 nitrogen and oxygen atoms in total. The highest BCUT2D eigenvalue weighted by molar-refractivity contribution is 5.18. The lowest BCUT2D eigenvalue weighted by Gasteiger charge is -2.34. The second-order valence-electron chi connectivity index (χ2n) is 6.15. The summed E-state index contributed by atoms with van der Waals surface area (Å²) < 4.78 is 0. The predicted molar refractivity (Wildman–Crippen MR) is 78.6 cm³/mol. The summed E-state index contributed by atoms with van der Waals surface area (Å²) >= 11 is 0. The molecule has 1 heteroatoms. The molecule has 0 heterocycles. The van der Waals surface area contributed by atoms with Crippen LogP contribution in [-0.4, -0.2) is 6.04 Å². The van der Waals surface area contributed by atoms with Crippen molar-refractivity contribution in [2.75, 3.05) is 0 Å². The average molecular weight is 245 g/mol. The first-order chi connectivity index (χ1) is 8.69. The van der Waals surface area contributed by atoms with Gasteiger partial charge in [-0.3, -0.25) is 0 Å². The van der Waals surface area contributed by atoms with E-state index in [2.05, 4.69) is 56.4 Å². The molecular formula is C17H27N. The van der Waals surface area contributed by atoms with Crippen molar-refractivity contribution in [1.29, 1.82) is 0 Å². The monoisotopic (exact) mass is 245 g/mol. The van der Waals surface area contributed by atoms with Crippen LogP contribution < -0.4 is 5.32 Å². The zero-order chi connectivity index (χ0) is 13.0. The molecule has 1 N–H and O–H groups in total. The predicted octanol–water partition coefficient (Wildman–Crippen LogP) is 4.55. The van der Waals surface area contributed by atoms with Gasteiger partial charge >= 0.3 is 0 Å². The van der Waals surface area contributed by atoms with Gasteiger partial charge in [-0.15, -0.1) is 0 Å². The van der Waals surface area contributed by atoms with Gasteiger partial charge in [0.15, 0.2) is 0 Å². The molecule has 100 valence electrons. The first kappa shape index (κ1) is 13.6. The molecule has 1 aliphatic rings. The number of hydrogen-bond donors (Lipinski definition) is 1. The maximum atomic E-state index is 3.88. The van der Waals surface area contributed by atoms with E-state index in [1.807, 2.05) is 0 Å². The Bertz CT molecular complexity index is 336. The Kier molecular flexibility index (Phi) is 4.82.